The topological polar surface area (TPSA) is 89.3 Å². The van der Waals surface area contributed by atoms with Crippen molar-refractivity contribution in [3.05, 3.63) is 70.3 Å². The van der Waals surface area contributed by atoms with E-state index in [1.165, 1.54) is 11.0 Å². The Morgan fingerprint density at radius 1 is 1.31 bits per heavy atom. The number of ether oxygens (including phenoxy) is 1. The molecule has 3 heterocycles. The molecule has 0 N–H and O–H groups in total. The number of aryl methyl sites for hydroxylation is 1. The van der Waals surface area contributed by atoms with Gasteiger partial charge in [0.2, 0.25) is 5.91 Å². The van der Waals surface area contributed by atoms with Gasteiger partial charge in [-0.15, -0.1) is 10.2 Å². The lowest BCUT2D eigenvalue weighted by molar-refractivity contribution is -0.130. The predicted molar refractivity (Wildman–Crippen MR) is 134 cm³/mol. The molecule has 0 spiro atoms. The van der Waals surface area contributed by atoms with E-state index in [1.54, 1.807) is 37.3 Å². The van der Waals surface area contributed by atoms with Crippen molar-refractivity contribution in [2.24, 2.45) is 0 Å². The summed E-state index contributed by atoms with van der Waals surface area (Å²) >= 11 is 6.19. The van der Waals surface area contributed by atoms with Crippen LogP contribution in [0, 0.1) is 6.92 Å². The van der Waals surface area contributed by atoms with Crippen LogP contribution in [-0.4, -0.2) is 79.8 Å². The number of aromatic nitrogens is 5. The summed E-state index contributed by atoms with van der Waals surface area (Å²) in [5.74, 6) is 0.816. The lowest BCUT2D eigenvalue weighted by atomic mass is 10.1. The smallest absolute Gasteiger partial charge is 0.246 e. The Labute approximate surface area is 217 Å². The van der Waals surface area contributed by atoms with Crippen LogP contribution in [0.2, 0.25) is 5.02 Å². The first kappa shape index (κ1) is 23.1. The van der Waals surface area contributed by atoms with E-state index in [-0.39, 0.29) is 11.9 Å². The zero-order valence-electron chi connectivity index (χ0n) is 22.1. The number of benzene rings is 1. The number of piperazine rings is 1. The molecule has 36 heavy (non-hydrogen) atoms. The molecule has 1 aliphatic heterocycles. The molecule has 1 aromatic carbocycles. The molecule has 11 heteroatoms. The first-order valence-electron chi connectivity index (χ1n) is 12.6. The number of hydrogen-bond donors (Lipinski definition) is 0. The summed E-state index contributed by atoms with van der Waals surface area (Å²) in [7, 11) is 0. The molecule has 1 amide bonds. The van der Waals surface area contributed by atoms with E-state index in [0.29, 0.717) is 49.3 Å². The van der Waals surface area contributed by atoms with Crippen LogP contribution in [0.5, 0.6) is 5.75 Å². The Morgan fingerprint density at radius 2 is 2.17 bits per heavy atom. The molecule has 0 aliphatic carbocycles. The van der Waals surface area contributed by atoms with Gasteiger partial charge in [0.25, 0.3) is 0 Å². The van der Waals surface area contributed by atoms with Gasteiger partial charge in [0, 0.05) is 43.3 Å². The molecule has 1 atom stereocenters. The van der Waals surface area contributed by atoms with E-state index in [9.17, 15) is 9.18 Å². The molecule has 0 saturated carbocycles. The molecule has 1 aliphatic rings. The molecule has 1 saturated heterocycles. The number of carbonyl (C=O) groups is 1. The molecule has 3 aromatic rings. The number of halogens is 2. The Hall–Kier alpha value is -3.37. The lowest BCUT2D eigenvalue weighted by Crippen LogP contribution is -2.53. The van der Waals surface area contributed by atoms with Gasteiger partial charge in [-0.25, -0.2) is 4.39 Å². The molecule has 190 valence electrons. The summed E-state index contributed by atoms with van der Waals surface area (Å²) in [5.41, 5.74) is 2.54. The highest BCUT2D eigenvalue weighted by Crippen LogP contribution is 2.20. The summed E-state index contributed by atoms with van der Waals surface area (Å²) in [6.07, 6.45) is 4.83. The van der Waals surface area contributed by atoms with Crippen LogP contribution in [0.1, 0.15) is 32.3 Å². The molecule has 4 rings (SSSR count). The summed E-state index contributed by atoms with van der Waals surface area (Å²) in [4.78, 5) is 22.9. The molecular formula is C25H29ClFN7O2. The van der Waals surface area contributed by atoms with Gasteiger partial charge in [0.1, 0.15) is 19.0 Å². The monoisotopic (exact) mass is 517 g/mol. The molecule has 9 nitrogen and oxygen atoms in total. The first-order valence-corrected chi connectivity index (χ1v) is 11.9. The van der Waals surface area contributed by atoms with Crippen LogP contribution in [0.4, 0.5) is 4.39 Å². The Kier molecular flexibility index (Phi) is 7.72. The number of hydrogen-bond acceptors (Lipinski definition) is 7. The lowest BCUT2D eigenvalue weighted by Gasteiger charge is -2.39. The zero-order chi connectivity index (χ0) is 27.3. The maximum absolute atomic E-state index is 13.0. The fraction of sp³-hybridized carbons (Fsp3) is 0.400. The van der Waals surface area contributed by atoms with Crippen molar-refractivity contribution in [1.29, 1.82) is 0 Å². The molecule has 1 fully saturated rings. The Bertz CT molecular complexity index is 1280. The van der Waals surface area contributed by atoms with Crippen LogP contribution in [0.15, 0.2) is 42.6 Å². The fourth-order valence-corrected chi connectivity index (χ4v) is 4.30. The van der Waals surface area contributed by atoms with Gasteiger partial charge in [0.15, 0.2) is 5.82 Å². The molecule has 2 aromatic heterocycles. The minimum Gasteiger partial charge on any atom is -0.489 e. The number of nitrogens with zero attached hydrogens (tertiary/aromatic N) is 7. The second-order valence-electron chi connectivity index (χ2n) is 8.57. The second kappa shape index (κ2) is 12.0. The SMILES string of the molecule is [3H]C([3H])(F)COc1ccc(CN2CCN(C(=O)/C=C/c3ccc(Cl)cc3Cn3nnc(C)n3)[C@H](C)C2)nc1. The van der Waals surface area contributed by atoms with Crippen molar-refractivity contribution in [3.63, 3.8) is 0 Å². The van der Waals surface area contributed by atoms with Crippen molar-refractivity contribution >= 4 is 23.6 Å². The van der Waals surface area contributed by atoms with Crippen molar-refractivity contribution in [3.8, 4) is 5.75 Å². The van der Waals surface area contributed by atoms with Crippen molar-refractivity contribution in [1.82, 2.24) is 35.0 Å². The molecular weight excluding hydrogens is 485 g/mol. The van der Waals surface area contributed by atoms with E-state index < -0.39 is 13.2 Å². The zero-order valence-corrected chi connectivity index (χ0v) is 20.9. The van der Waals surface area contributed by atoms with Crippen LogP contribution in [0.3, 0.4) is 0 Å². The number of tetrazole rings is 1. The standard InChI is InChI=1S/C25H29ClFN7O2/c1-18-15-32(17-23-6-7-24(14-28-23)36-12-9-27)10-11-33(18)25(35)8-4-20-3-5-22(26)13-21(20)16-34-30-19(2)29-31-34/h3-8,13-14,18H,9-12,15-17H2,1-2H3/b8-4+/t18-/m1/s1/i9T2. The quantitative estimate of drug-likeness (QED) is 0.403. The summed E-state index contributed by atoms with van der Waals surface area (Å²) < 4.78 is 31.8. The van der Waals surface area contributed by atoms with Gasteiger partial charge < -0.3 is 9.64 Å². The Balaban J connectivity index is 1.32. The van der Waals surface area contributed by atoms with Crippen LogP contribution in [-0.2, 0) is 17.9 Å². The van der Waals surface area contributed by atoms with E-state index in [0.717, 1.165) is 16.8 Å². The largest absolute Gasteiger partial charge is 0.489 e. The third-order valence-electron chi connectivity index (χ3n) is 5.85. The summed E-state index contributed by atoms with van der Waals surface area (Å²) in [6.45, 7) is 3.13. The number of amides is 1. The fourth-order valence-electron chi connectivity index (χ4n) is 4.11. The van der Waals surface area contributed by atoms with Gasteiger partial charge in [-0.2, -0.15) is 4.80 Å². The van der Waals surface area contributed by atoms with Crippen LogP contribution in [0.25, 0.3) is 6.08 Å². The van der Waals surface area contributed by atoms with Gasteiger partial charge in [-0.1, -0.05) is 17.7 Å². The number of pyridine rings is 1. The number of rotatable bonds is 9. The maximum atomic E-state index is 13.0. The molecule has 0 unspecified atom stereocenters. The highest BCUT2D eigenvalue weighted by atomic mass is 35.5. The Morgan fingerprint density at radius 3 is 2.86 bits per heavy atom. The van der Waals surface area contributed by atoms with Gasteiger partial charge in [-0.3, -0.25) is 14.7 Å². The van der Waals surface area contributed by atoms with E-state index in [2.05, 4.69) is 25.3 Å². The van der Waals surface area contributed by atoms with Gasteiger partial charge >= 0.3 is 0 Å². The van der Waals surface area contributed by atoms with E-state index in [4.69, 9.17) is 19.1 Å². The minimum absolute atomic E-state index is 0.00213. The van der Waals surface area contributed by atoms with Crippen molar-refractivity contribution in [2.75, 3.05) is 32.9 Å². The normalized spacial score (nSPS) is 17.8. The van der Waals surface area contributed by atoms with Crippen LogP contribution >= 0.6 is 11.6 Å². The third kappa shape index (κ3) is 6.86. The highest BCUT2D eigenvalue weighted by molar-refractivity contribution is 6.30. The molecule has 0 radical (unpaired) electrons. The second-order valence-corrected chi connectivity index (χ2v) is 9.00. The number of carbonyl (C=O) groups excluding carboxylic acids is 1. The van der Waals surface area contributed by atoms with Gasteiger partial charge in [-0.05, 0) is 60.5 Å². The summed E-state index contributed by atoms with van der Waals surface area (Å²) in [5, 5.41) is 12.7. The number of alkyl halides is 1. The van der Waals surface area contributed by atoms with E-state index in [1.807, 2.05) is 24.0 Å². The van der Waals surface area contributed by atoms with Crippen molar-refractivity contribution < 1.29 is 16.7 Å². The van der Waals surface area contributed by atoms with Gasteiger partial charge in [0.05, 0.1) is 21.2 Å². The van der Waals surface area contributed by atoms with E-state index >= 15 is 0 Å². The van der Waals surface area contributed by atoms with Crippen LogP contribution < -0.4 is 4.74 Å². The molecule has 0 bridgehead atoms. The minimum atomic E-state index is -2.90. The average Bonchev–Trinajstić information content (AvgIpc) is 3.27. The average molecular weight is 518 g/mol. The predicted octanol–water partition coefficient (Wildman–Crippen LogP) is 3.17. The first-order chi connectivity index (χ1) is 18.1. The summed E-state index contributed by atoms with van der Waals surface area (Å²) in [6, 6.07) is 8.90. The maximum Gasteiger partial charge on any atom is 0.246 e. The highest BCUT2D eigenvalue weighted by Gasteiger charge is 2.26. The van der Waals surface area contributed by atoms with Crippen molar-refractivity contribution in [2.45, 2.75) is 33.0 Å². The third-order valence-corrected chi connectivity index (χ3v) is 6.08.